The van der Waals surface area contributed by atoms with Crippen molar-refractivity contribution in [3.63, 3.8) is 0 Å². The molecule has 158 valence electrons. The van der Waals surface area contributed by atoms with Crippen LogP contribution in [0.4, 0.5) is 10.1 Å². The number of halogens is 2. The summed E-state index contributed by atoms with van der Waals surface area (Å²) in [5.74, 6) is -0.657. The standard InChI is InChI=1S/C25H23BrFN3O/c1-14-10-16(26)6-9-19(14)30-20-11-25(2,3)12-21(31)23(20)22(18(13-28)24(30)29)15-4-7-17(27)8-5-15/h4-10,22H,11-12,29H2,1-3H3/t22-/m0/s1. The third kappa shape index (κ3) is 3.68. The van der Waals surface area contributed by atoms with Gasteiger partial charge in [0.25, 0.3) is 0 Å². The molecule has 0 fully saturated rings. The summed E-state index contributed by atoms with van der Waals surface area (Å²) in [7, 11) is 0. The Morgan fingerprint density at radius 1 is 1.19 bits per heavy atom. The van der Waals surface area contributed by atoms with Gasteiger partial charge in [-0.3, -0.25) is 9.69 Å². The number of aryl methyl sites for hydroxylation is 1. The quantitative estimate of drug-likeness (QED) is 0.587. The monoisotopic (exact) mass is 479 g/mol. The molecule has 2 aromatic carbocycles. The van der Waals surface area contributed by atoms with E-state index in [1.54, 1.807) is 12.1 Å². The fourth-order valence-electron chi connectivity index (χ4n) is 4.64. The fraction of sp³-hybridized carbons (Fsp3) is 0.280. The second-order valence-corrected chi connectivity index (χ2v) is 9.88. The maximum atomic E-state index is 13.6. The number of nitrogens with zero attached hydrogens (tertiary/aromatic N) is 2. The van der Waals surface area contributed by atoms with Gasteiger partial charge in [0.15, 0.2) is 5.78 Å². The largest absolute Gasteiger partial charge is 0.384 e. The Morgan fingerprint density at radius 3 is 2.48 bits per heavy atom. The minimum atomic E-state index is -0.601. The Bertz CT molecular complexity index is 1190. The molecule has 1 atom stereocenters. The molecule has 0 unspecified atom stereocenters. The van der Waals surface area contributed by atoms with Gasteiger partial charge in [0, 0.05) is 22.2 Å². The van der Waals surface area contributed by atoms with Crippen molar-refractivity contribution in [3.8, 4) is 6.07 Å². The topological polar surface area (TPSA) is 70.1 Å². The van der Waals surface area contributed by atoms with Gasteiger partial charge >= 0.3 is 0 Å². The second kappa shape index (κ2) is 7.65. The van der Waals surface area contributed by atoms with Crippen molar-refractivity contribution in [1.29, 1.82) is 5.26 Å². The second-order valence-electron chi connectivity index (χ2n) is 8.96. The van der Waals surface area contributed by atoms with Crippen molar-refractivity contribution in [1.82, 2.24) is 0 Å². The molecule has 0 saturated heterocycles. The maximum absolute atomic E-state index is 13.6. The molecule has 0 radical (unpaired) electrons. The zero-order chi connectivity index (χ0) is 22.5. The average Bonchev–Trinajstić information content (AvgIpc) is 2.68. The summed E-state index contributed by atoms with van der Waals surface area (Å²) in [6.07, 6.45) is 1.02. The number of nitrogens with two attached hydrogens (primary N) is 1. The summed E-state index contributed by atoms with van der Waals surface area (Å²) in [5.41, 5.74) is 10.6. The molecule has 4 rings (SSSR count). The molecule has 1 aliphatic carbocycles. The zero-order valence-corrected chi connectivity index (χ0v) is 19.3. The summed E-state index contributed by atoms with van der Waals surface area (Å²) in [5, 5.41) is 10.1. The van der Waals surface area contributed by atoms with Crippen molar-refractivity contribution < 1.29 is 9.18 Å². The van der Waals surface area contributed by atoms with E-state index >= 15 is 0 Å². The highest BCUT2D eigenvalue weighted by atomic mass is 79.9. The Morgan fingerprint density at radius 2 is 1.87 bits per heavy atom. The minimum Gasteiger partial charge on any atom is -0.384 e. The first kappa shape index (κ1) is 21.3. The SMILES string of the molecule is Cc1cc(Br)ccc1N1C(N)=C(C#N)[C@H](c2ccc(F)cc2)C2=C1CC(C)(C)CC2=O. The number of hydrogen-bond donors (Lipinski definition) is 1. The van der Waals surface area contributed by atoms with E-state index in [9.17, 15) is 14.4 Å². The van der Waals surface area contributed by atoms with E-state index in [0.717, 1.165) is 21.4 Å². The minimum absolute atomic E-state index is 0.000546. The van der Waals surface area contributed by atoms with Crippen molar-refractivity contribution in [2.75, 3.05) is 4.90 Å². The van der Waals surface area contributed by atoms with Gasteiger partial charge in [-0.1, -0.05) is 41.9 Å². The summed E-state index contributed by atoms with van der Waals surface area (Å²) in [6.45, 7) is 6.10. The highest BCUT2D eigenvalue weighted by molar-refractivity contribution is 9.10. The lowest BCUT2D eigenvalue weighted by Gasteiger charge is -2.44. The van der Waals surface area contributed by atoms with Crippen LogP contribution in [0.25, 0.3) is 0 Å². The van der Waals surface area contributed by atoms with Crippen LogP contribution in [-0.2, 0) is 4.79 Å². The van der Waals surface area contributed by atoms with Gasteiger partial charge in [-0.25, -0.2) is 4.39 Å². The van der Waals surface area contributed by atoms with Gasteiger partial charge in [-0.2, -0.15) is 5.26 Å². The van der Waals surface area contributed by atoms with E-state index in [1.807, 2.05) is 30.0 Å². The first-order valence-corrected chi connectivity index (χ1v) is 10.9. The number of carbonyl (C=O) groups is 1. The lowest BCUT2D eigenvalue weighted by atomic mass is 9.68. The molecule has 0 amide bonds. The van der Waals surface area contributed by atoms with Crippen LogP contribution in [-0.4, -0.2) is 5.78 Å². The van der Waals surface area contributed by atoms with Gasteiger partial charge in [-0.05, 0) is 60.2 Å². The lowest BCUT2D eigenvalue weighted by Crippen LogP contribution is -2.42. The molecular formula is C25H23BrFN3O. The van der Waals surface area contributed by atoms with Crippen molar-refractivity contribution in [2.45, 2.75) is 39.5 Å². The molecule has 31 heavy (non-hydrogen) atoms. The Balaban J connectivity index is 2.01. The molecule has 1 aliphatic heterocycles. The summed E-state index contributed by atoms with van der Waals surface area (Å²) in [6, 6.07) is 14.0. The Labute approximate surface area is 190 Å². The van der Waals surface area contributed by atoms with Crippen LogP contribution in [0.1, 0.15) is 43.7 Å². The van der Waals surface area contributed by atoms with Crippen molar-refractivity contribution in [3.05, 3.63) is 86.5 Å². The Kier molecular flexibility index (Phi) is 5.26. The van der Waals surface area contributed by atoms with E-state index in [2.05, 4.69) is 35.8 Å². The van der Waals surface area contributed by atoms with Gasteiger partial charge in [0.2, 0.25) is 0 Å². The van der Waals surface area contributed by atoms with Gasteiger partial charge < -0.3 is 5.73 Å². The van der Waals surface area contributed by atoms with Gasteiger partial charge in [0.05, 0.1) is 23.2 Å². The maximum Gasteiger partial charge on any atom is 0.162 e. The third-order valence-corrected chi connectivity index (χ3v) is 6.48. The van der Waals surface area contributed by atoms with Crippen molar-refractivity contribution in [2.24, 2.45) is 11.1 Å². The number of hydrogen-bond acceptors (Lipinski definition) is 4. The smallest absolute Gasteiger partial charge is 0.162 e. The average molecular weight is 480 g/mol. The van der Waals surface area contributed by atoms with E-state index in [0.29, 0.717) is 35.4 Å². The van der Waals surface area contributed by atoms with E-state index in [1.165, 1.54) is 12.1 Å². The molecule has 0 saturated carbocycles. The fourth-order valence-corrected chi connectivity index (χ4v) is 5.12. The van der Waals surface area contributed by atoms with Crippen molar-refractivity contribution >= 4 is 27.4 Å². The predicted molar refractivity (Wildman–Crippen MR) is 122 cm³/mol. The molecule has 0 spiro atoms. The lowest BCUT2D eigenvalue weighted by molar-refractivity contribution is -0.118. The molecule has 0 bridgehead atoms. The normalized spacial score (nSPS) is 20.6. The molecule has 0 aromatic heterocycles. The summed E-state index contributed by atoms with van der Waals surface area (Å²) in [4.78, 5) is 15.3. The van der Waals surface area contributed by atoms with Crippen LogP contribution in [0.3, 0.4) is 0 Å². The van der Waals surface area contributed by atoms with Gasteiger partial charge in [-0.15, -0.1) is 0 Å². The number of rotatable bonds is 2. The van der Waals surface area contributed by atoms with Crippen LogP contribution in [0, 0.1) is 29.5 Å². The molecule has 1 heterocycles. The van der Waals surface area contributed by atoms with E-state index in [4.69, 9.17) is 5.73 Å². The third-order valence-electron chi connectivity index (χ3n) is 5.98. The zero-order valence-electron chi connectivity index (χ0n) is 17.7. The molecular weight excluding hydrogens is 457 g/mol. The van der Waals surface area contributed by atoms with Crippen LogP contribution in [0.15, 0.2) is 69.6 Å². The predicted octanol–water partition coefficient (Wildman–Crippen LogP) is 5.84. The summed E-state index contributed by atoms with van der Waals surface area (Å²) >= 11 is 3.49. The number of benzene rings is 2. The summed E-state index contributed by atoms with van der Waals surface area (Å²) < 4.78 is 14.5. The molecule has 2 aromatic rings. The molecule has 2 N–H and O–H groups in total. The molecule has 2 aliphatic rings. The highest BCUT2D eigenvalue weighted by Crippen LogP contribution is 2.50. The first-order valence-electron chi connectivity index (χ1n) is 10.1. The number of carbonyl (C=O) groups excluding carboxylic acids is 1. The Hall–Kier alpha value is -2.91. The number of anilines is 1. The molecule has 6 heteroatoms. The van der Waals surface area contributed by atoms with Crippen LogP contribution in [0.2, 0.25) is 0 Å². The van der Waals surface area contributed by atoms with Crippen LogP contribution in [0.5, 0.6) is 0 Å². The number of Topliss-reactive ketones (excluding diaryl/α,β-unsaturated/α-hetero) is 1. The van der Waals surface area contributed by atoms with E-state index in [-0.39, 0.29) is 17.0 Å². The number of ketones is 1. The van der Waals surface area contributed by atoms with Crippen LogP contribution >= 0.6 is 15.9 Å². The first-order chi connectivity index (χ1) is 14.6. The molecule has 4 nitrogen and oxygen atoms in total. The number of nitriles is 1. The highest BCUT2D eigenvalue weighted by Gasteiger charge is 2.44. The van der Waals surface area contributed by atoms with Crippen LogP contribution < -0.4 is 10.6 Å². The van der Waals surface area contributed by atoms with E-state index < -0.39 is 5.92 Å². The number of allylic oxidation sites excluding steroid dienone is 3. The van der Waals surface area contributed by atoms with Gasteiger partial charge in [0.1, 0.15) is 11.6 Å².